The van der Waals surface area contributed by atoms with Crippen LogP contribution in [-0.2, 0) is 11.2 Å². The highest BCUT2D eigenvalue weighted by molar-refractivity contribution is 5.82. The van der Waals surface area contributed by atoms with Crippen LogP contribution in [0.25, 0.3) is 11.0 Å². The molecule has 0 spiro atoms. The lowest BCUT2D eigenvalue weighted by Gasteiger charge is -2.12. The van der Waals surface area contributed by atoms with Gasteiger partial charge in [0.2, 0.25) is 5.91 Å². The second-order valence-corrected chi connectivity index (χ2v) is 6.66. The molecule has 1 saturated carbocycles. The highest BCUT2D eigenvalue weighted by Crippen LogP contribution is 2.31. The number of amides is 1. The van der Waals surface area contributed by atoms with E-state index in [1.165, 1.54) is 0 Å². The molecule has 0 aliphatic heterocycles. The number of carbonyl (C=O) groups excluding carboxylic acids is 1. The van der Waals surface area contributed by atoms with Crippen LogP contribution in [0.4, 0.5) is 0 Å². The number of benzene rings is 1. The molecule has 1 atom stereocenters. The number of hydrogen-bond acceptors (Lipinski definition) is 5. The first-order valence-electron chi connectivity index (χ1n) is 8.62. The van der Waals surface area contributed by atoms with Crippen LogP contribution in [-0.4, -0.2) is 25.6 Å². The van der Waals surface area contributed by atoms with Gasteiger partial charge >= 0.3 is 5.63 Å². The van der Waals surface area contributed by atoms with E-state index in [4.69, 9.17) is 14.9 Å². The number of nitrogens with two attached hydrogens (primary N) is 1. The number of hydrogen-bond donors (Lipinski definition) is 2. The van der Waals surface area contributed by atoms with Gasteiger partial charge in [-0.05, 0) is 49.8 Å². The van der Waals surface area contributed by atoms with Crippen molar-refractivity contribution in [2.75, 3.05) is 13.7 Å². The number of fused-ring (bicyclic) bond motifs is 1. The summed E-state index contributed by atoms with van der Waals surface area (Å²) in [6.07, 6.45) is 2.89. The number of ether oxygens (including phenoxy) is 1. The largest absolute Gasteiger partial charge is 0.497 e. The van der Waals surface area contributed by atoms with E-state index in [1.807, 2.05) is 19.1 Å². The van der Waals surface area contributed by atoms with E-state index >= 15 is 0 Å². The molecule has 1 aliphatic carbocycles. The van der Waals surface area contributed by atoms with Gasteiger partial charge in [-0.2, -0.15) is 0 Å². The van der Waals surface area contributed by atoms with Crippen LogP contribution in [0, 0.1) is 12.8 Å². The van der Waals surface area contributed by atoms with Crippen molar-refractivity contribution >= 4 is 16.9 Å². The maximum Gasteiger partial charge on any atom is 0.339 e. The molecular formula is C19H24N2O4. The number of aryl methyl sites for hydroxylation is 1. The fourth-order valence-corrected chi connectivity index (χ4v) is 3.04. The Morgan fingerprint density at radius 3 is 2.88 bits per heavy atom. The van der Waals surface area contributed by atoms with E-state index in [-0.39, 0.29) is 18.4 Å². The third-order valence-corrected chi connectivity index (χ3v) is 4.86. The minimum absolute atomic E-state index is 0.0337. The Morgan fingerprint density at radius 1 is 1.44 bits per heavy atom. The second-order valence-electron chi connectivity index (χ2n) is 6.66. The van der Waals surface area contributed by atoms with Gasteiger partial charge in [-0.25, -0.2) is 4.79 Å². The van der Waals surface area contributed by atoms with Crippen molar-refractivity contribution in [3.05, 3.63) is 39.7 Å². The van der Waals surface area contributed by atoms with Crippen molar-refractivity contribution in [2.45, 2.75) is 38.6 Å². The topological polar surface area (TPSA) is 94.6 Å². The summed E-state index contributed by atoms with van der Waals surface area (Å²) in [7, 11) is 1.56. The lowest BCUT2D eigenvalue weighted by Crippen LogP contribution is -2.38. The third-order valence-electron chi connectivity index (χ3n) is 4.86. The lowest BCUT2D eigenvalue weighted by atomic mass is 10.0. The van der Waals surface area contributed by atoms with Gasteiger partial charge in [0.1, 0.15) is 11.3 Å². The zero-order chi connectivity index (χ0) is 18.0. The number of carbonyl (C=O) groups is 1. The standard InChI is InChI=1S/C19H24N2O4/c1-11-14-6-5-13(24-2)9-17(14)25-19(23)15(11)7-8-18(22)21-10-16(20)12-3-4-12/h5-6,9,12,16H,3-4,7-8,10,20H2,1-2H3,(H,21,22). The summed E-state index contributed by atoms with van der Waals surface area (Å²) in [5.41, 5.74) is 7.45. The summed E-state index contributed by atoms with van der Waals surface area (Å²) in [6.45, 7) is 2.37. The van der Waals surface area contributed by atoms with Crippen LogP contribution in [0.5, 0.6) is 5.75 Å². The normalized spacial score (nSPS) is 15.2. The van der Waals surface area contributed by atoms with Crippen LogP contribution >= 0.6 is 0 Å². The van der Waals surface area contributed by atoms with Crippen molar-refractivity contribution < 1.29 is 13.9 Å². The molecule has 1 heterocycles. The van der Waals surface area contributed by atoms with Crippen LogP contribution in [0.2, 0.25) is 0 Å². The summed E-state index contributed by atoms with van der Waals surface area (Å²) < 4.78 is 10.6. The molecule has 6 nitrogen and oxygen atoms in total. The Hall–Kier alpha value is -2.34. The number of methoxy groups -OCH3 is 1. The Morgan fingerprint density at radius 2 is 2.20 bits per heavy atom. The summed E-state index contributed by atoms with van der Waals surface area (Å²) >= 11 is 0. The van der Waals surface area contributed by atoms with Crippen molar-refractivity contribution in [3.8, 4) is 5.75 Å². The van der Waals surface area contributed by atoms with Crippen LogP contribution in [0.3, 0.4) is 0 Å². The fraction of sp³-hybridized carbons (Fsp3) is 0.474. The molecule has 1 unspecified atom stereocenters. The van der Waals surface area contributed by atoms with E-state index in [2.05, 4.69) is 5.32 Å². The minimum atomic E-state index is -0.402. The molecule has 134 valence electrons. The van der Waals surface area contributed by atoms with Gasteiger partial charge in [-0.15, -0.1) is 0 Å². The summed E-state index contributed by atoms with van der Waals surface area (Å²) in [6, 6.07) is 5.42. The van der Waals surface area contributed by atoms with Gasteiger partial charge in [0.15, 0.2) is 0 Å². The molecule has 0 bridgehead atoms. The lowest BCUT2D eigenvalue weighted by molar-refractivity contribution is -0.121. The van der Waals surface area contributed by atoms with Gasteiger partial charge in [0.05, 0.1) is 7.11 Å². The van der Waals surface area contributed by atoms with Crippen LogP contribution in [0.15, 0.2) is 27.4 Å². The molecular weight excluding hydrogens is 320 g/mol. The van der Waals surface area contributed by atoms with E-state index in [9.17, 15) is 9.59 Å². The van der Waals surface area contributed by atoms with Crippen LogP contribution < -0.4 is 21.4 Å². The maximum atomic E-state index is 12.3. The average molecular weight is 344 g/mol. The van der Waals surface area contributed by atoms with Gasteiger partial charge in [0, 0.05) is 36.0 Å². The van der Waals surface area contributed by atoms with E-state index in [0.717, 1.165) is 23.8 Å². The quantitative estimate of drug-likeness (QED) is 0.748. The first-order valence-corrected chi connectivity index (χ1v) is 8.62. The highest BCUT2D eigenvalue weighted by Gasteiger charge is 2.28. The van der Waals surface area contributed by atoms with Crippen molar-refractivity contribution in [1.29, 1.82) is 0 Å². The Bertz CT molecular complexity index is 839. The van der Waals surface area contributed by atoms with E-state index < -0.39 is 5.63 Å². The van der Waals surface area contributed by atoms with Gasteiger partial charge in [0.25, 0.3) is 0 Å². The third kappa shape index (κ3) is 4.02. The van der Waals surface area contributed by atoms with Crippen molar-refractivity contribution in [1.82, 2.24) is 5.32 Å². The predicted octanol–water partition coefficient (Wildman–Crippen LogP) is 1.90. The van der Waals surface area contributed by atoms with E-state index in [0.29, 0.717) is 35.8 Å². The zero-order valence-electron chi connectivity index (χ0n) is 14.6. The first kappa shape index (κ1) is 17.5. The maximum absolute atomic E-state index is 12.3. The van der Waals surface area contributed by atoms with Gasteiger partial charge in [-0.1, -0.05) is 0 Å². The molecule has 0 radical (unpaired) electrons. The first-order chi connectivity index (χ1) is 12.0. The molecule has 1 aliphatic rings. The molecule has 25 heavy (non-hydrogen) atoms. The van der Waals surface area contributed by atoms with Crippen molar-refractivity contribution in [2.24, 2.45) is 11.7 Å². The zero-order valence-corrected chi connectivity index (χ0v) is 14.6. The smallest absolute Gasteiger partial charge is 0.339 e. The monoisotopic (exact) mass is 344 g/mol. The van der Waals surface area contributed by atoms with Gasteiger partial charge in [-0.3, -0.25) is 4.79 Å². The molecule has 6 heteroatoms. The Labute approximate surface area is 146 Å². The average Bonchev–Trinajstić information content (AvgIpc) is 3.44. The van der Waals surface area contributed by atoms with Crippen LogP contribution in [0.1, 0.15) is 30.4 Å². The number of rotatable bonds is 7. The van der Waals surface area contributed by atoms with Crippen molar-refractivity contribution in [3.63, 3.8) is 0 Å². The Balaban J connectivity index is 1.68. The minimum Gasteiger partial charge on any atom is -0.497 e. The molecule has 0 saturated heterocycles. The molecule has 2 aromatic rings. The molecule has 1 fully saturated rings. The highest BCUT2D eigenvalue weighted by atomic mass is 16.5. The summed E-state index contributed by atoms with van der Waals surface area (Å²) in [5.74, 6) is 1.09. The molecule has 1 aromatic heterocycles. The number of nitrogens with one attached hydrogen (secondary N) is 1. The fourth-order valence-electron chi connectivity index (χ4n) is 3.04. The van der Waals surface area contributed by atoms with Gasteiger partial charge < -0.3 is 20.2 Å². The SMILES string of the molecule is COc1ccc2c(C)c(CCC(=O)NCC(N)C3CC3)c(=O)oc2c1. The summed E-state index contributed by atoms with van der Waals surface area (Å²) in [5, 5.41) is 3.71. The predicted molar refractivity (Wildman–Crippen MR) is 95.8 cm³/mol. The Kier molecular flexibility index (Phi) is 5.08. The molecule has 3 N–H and O–H groups in total. The molecule has 3 rings (SSSR count). The molecule has 1 aromatic carbocycles. The van der Waals surface area contributed by atoms with E-state index in [1.54, 1.807) is 13.2 Å². The summed E-state index contributed by atoms with van der Waals surface area (Å²) in [4.78, 5) is 24.3. The molecule has 1 amide bonds. The second kappa shape index (κ2) is 7.27.